The lowest BCUT2D eigenvalue weighted by molar-refractivity contribution is -0.117. The average Bonchev–Trinajstić information content (AvgIpc) is 3.41. The van der Waals surface area contributed by atoms with E-state index in [0.717, 1.165) is 15.6 Å². The number of para-hydroxylation sites is 1. The van der Waals surface area contributed by atoms with Gasteiger partial charge in [-0.05, 0) is 23.6 Å². The van der Waals surface area contributed by atoms with E-state index in [0.29, 0.717) is 22.8 Å². The van der Waals surface area contributed by atoms with Crippen molar-refractivity contribution in [3.05, 3.63) is 47.2 Å². The van der Waals surface area contributed by atoms with E-state index in [2.05, 4.69) is 9.98 Å². The number of nitrogens with two attached hydrogens (primary N) is 1. The van der Waals surface area contributed by atoms with Gasteiger partial charge in [0.1, 0.15) is 14.9 Å². The molecular formula is C18H17FN4O3S3. The Hall–Kier alpha value is -2.37. The molecule has 152 valence electrons. The molecule has 1 amide bonds. The molecule has 1 aromatic carbocycles. The fourth-order valence-corrected chi connectivity index (χ4v) is 6.63. The van der Waals surface area contributed by atoms with Gasteiger partial charge in [-0.15, -0.1) is 11.3 Å². The summed E-state index contributed by atoms with van der Waals surface area (Å²) in [5.41, 5.74) is 6.12. The molecule has 3 N–H and O–H groups in total. The number of nitrogens with one attached hydrogen (secondary N) is 1. The van der Waals surface area contributed by atoms with Crippen molar-refractivity contribution in [1.82, 2.24) is 4.98 Å². The summed E-state index contributed by atoms with van der Waals surface area (Å²) in [7, 11) is -2.32. The van der Waals surface area contributed by atoms with Gasteiger partial charge in [-0.1, -0.05) is 23.9 Å². The minimum Gasteiger partial charge on any atom is -0.370 e. The maximum Gasteiger partial charge on any atom is 0.273 e. The van der Waals surface area contributed by atoms with E-state index in [4.69, 9.17) is 5.73 Å². The molecule has 0 saturated heterocycles. The van der Waals surface area contributed by atoms with E-state index in [1.807, 2.05) is 0 Å². The number of carbonyl (C=O) groups is 1. The lowest BCUT2D eigenvalue weighted by atomic mass is 10.2. The van der Waals surface area contributed by atoms with Crippen LogP contribution in [0.15, 0.2) is 44.9 Å². The number of thioether (sulfide) groups is 1. The van der Waals surface area contributed by atoms with Crippen LogP contribution < -0.4 is 10.0 Å². The molecule has 3 heterocycles. The third-order valence-electron chi connectivity index (χ3n) is 4.56. The first-order valence-electron chi connectivity index (χ1n) is 8.61. The van der Waals surface area contributed by atoms with E-state index in [9.17, 15) is 13.2 Å². The Morgan fingerprint density at radius 1 is 1.38 bits per heavy atom. The summed E-state index contributed by atoms with van der Waals surface area (Å²) in [6.45, 7) is 0.372. The van der Waals surface area contributed by atoms with Crippen molar-refractivity contribution in [3.8, 4) is 0 Å². The number of primary amides is 1. The minimum absolute atomic E-state index is 0.130. The Morgan fingerprint density at radius 3 is 2.86 bits per heavy atom. The van der Waals surface area contributed by atoms with E-state index in [1.165, 1.54) is 24.9 Å². The fraction of sp³-hybridized carbons (Fsp3) is 0.222. The van der Waals surface area contributed by atoms with Gasteiger partial charge in [0, 0.05) is 24.1 Å². The van der Waals surface area contributed by atoms with E-state index < -0.39 is 21.7 Å². The monoisotopic (exact) mass is 452 g/mol. The average molecular weight is 453 g/mol. The zero-order valence-corrected chi connectivity index (χ0v) is 17.7. The van der Waals surface area contributed by atoms with Gasteiger partial charge >= 0.3 is 0 Å². The van der Waals surface area contributed by atoms with Crippen LogP contribution >= 0.6 is 23.1 Å². The number of hydrogen-bond donors (Lipinski definition) is 2. The molecule has 0 radical (unpaired) electrons. The summed E-state index contributed by atoms with van der Waals surface area (Å²) in [5, 5.41) is 2.27. The van der Waals surface area contributed by atoms with Gasteiger partial charge in [-0.2, -0.15) is 0 Å². The number of sulfonamides is 1. The van der Waals surface area contributed by atoms with Gasteiger partial charge in [-0.3, -0.25) is 14.1 Å². The Balaban J connectivity index is 1.74. The predicted molar refractivity (Wildman–Crippen MR) is 115 cm³/mol. The number of nitrogens with zero attached hydrogens (tertiary/aromatic N) is 2. The molecule has 1 atom stereocenters. The number of hydrogen-bond acceptors (Lipinski definition) is 6. The number of fused-ring (bicyclic) bond motifs is 1. The van der Waals surface area contributed by atoms with Crippen molar-refractivity contribution < 1.29 is 17.6 Å². The summed E-state index contributed by atoms with van der Waals surface area (Å²) in [6, 6.07) is 8.00. The highest BCUT2D eigenvalue weighted by Gasteiger charge is 2.29. The molecular weight excluding hydrogens is 435 g/mol. The van der Waals surface area contributed by atoms with Crippen molar-refractivity contribution in [3.63, 3.8) is 0 Å². The molecule has 7 nitrogen and oxygen atoms in total. The largest absolute Gasteiger partial charge is 0.370 e. The highest BCUT2D eigenvalue weighted by atomic mass is 32.2. The maximum atomic E-state index is 15.1. The molecule has 11 heteroatoms. The molecule has 1 unspecified atom stereocenters. The molecule has 2 aromatic heterocycles. The van der Waals surface area contributed by atoms with Crippen molar-refractivity contribution in [2.24, 2.45) is 10.7 Å². The number of benzene rings is 1. The van der Waals surface area contributed by atoms with Crippen LogP contribution in [0.5, 0.6) is 0 Å². The summed E-state index contributed by atoms with van der Waals surface area (Å²) < 4.78 is 42.2. The number of aromatic amines is 1. The first-order chi connectivity index (χ1) is 13.8. The minimum atomic E-state index is -3.76. The van der Waals surface area contributed by atoms with E-state index in [1.54, 1.807) is 29.6 Å². The number of amides is 1. The van der Waals surface area contributed by atoms with Gasteiger partial charge in [0.05, 0.1) is 17.7 Å². The molecule has 4 rings (SSSR count). The summed E-state index contributed by atoms with van der Waals surface area (Å²) in [6.07, 6.45) is 0.159. The third-order valence-corrected chi connectivity index (χ3v) is 8.91. The number of rotatable bonds is 6. The molecule has 1 aliphatic rings. The molecule has 0 fully saturated rings. The van der Waals surface area contributed by atoms with Gasteiger partial charge in [0.15, 0.2) is 5.82 Å². The van der Waals surface area contributed by atoms with Gasteiger partial charge in [-0.25, -0.2) is 12.8 Å². The fourth-order valence-electron chi connectivity index (χ4n) is 3.14. The Kier molecular flexibility index (Phi) is 5.13. The van der Waals surface area contributed by atoms with Crippen LogP contribution in [0.4, 0.5) is 10.1 Å². The molecule has 1 aliphatic heterocycles. The van der Waals surface area contributed by atoms with Crippen LogP contribution in [0.2, 0.25) is 0 Å². The topological polar surface area (TPSA) is 109 Å². The van der Waals surface area contributed by atoms with Crippen molar-refractivity contribution in [1.29, 1.82) is 0 Å². The van der Waals surface area contributed by atoms with Crippen molar-refractivity contribution >= 4 is 60.7 Å². The first-order valence-corrected chi connectivity index (χ1v) is 11.8. The third kappa shape index (κ3) is 3.53. The Morgan fingerprint density at radius 2 is 2.17 bits per heavy atom. The number of aliphatic imine (C=N–C) groups is 1. The van der Waals surface area contributed by atoms with Crippen LogP contribution in [0.1, 0.15) is 12.1 Å². The van der Waals surface area contributed by atoms with Gasteiger partial charge in [0.2, 0.25) is 5.91 Å². The second-order valence-electron chi connectivity index (χ2n) is 6.47. The standard InChI is InChI=1S/C18H17FN4O3S3/c1-23(29(25,26)14-6-3-7-27-14)12-5-2-4-11-15(19)17(22-16(11)12)18-21-9-10(28-18)8-13(20)24/h2-7,10,22H,8-9H2,1H3,(H2,20,24). The van der Waals surface area contributed by atoms with Crippen LogP contribution in [0, 0.1) is 5.82 Å². The normalized spacial score (nSPS) is 16.9. The second-order valence-corrected chi connectivity index (χ2v) is 10.9. The number of anilines is 1. The number of aromatic nitrogens is 1. The smallest absolute Gasteiger partial charge is 0.273 e. The maximum absolute atomic E-state index is 15.1. The van der Waals surface area contributed by atoms with Gasteiger partial charge < -0.3 is 10.7 Å². The first kappa shape index (κ1) is 19.9. The van der Waals surface area contributed by atoms with Crippen LogP contribution in [-0.4, -0.2) is 43.2 Å². The molecule has 0 saturated carbocycles. The van der Waals surface area contributed by atoms with Crippen LogP contribution in [0.25, 0.3) is 10.9 Å². The number of carbonyl (C=O) groups excluding carboxylic acids is 1. The Bertz CT molecular complexity index is 1220. The summed E-state index contributed by atoms with van der Waals surface area (Å²) in [4.78, 5) is 18.5. The van der Waals surface area contributed by atoms with Crippen LogP contribution in [-0.2, 0) is 14.8 Å². The number of halogens is 1. The highest BCUT2D eigenvalue weighted by molar-refractivity contribution is 8.15. The van der Waals surface area contributed by atoms with Crippen molar-refractivity contribution in [2.75, 3.05) is 17.9 Å². The van der Waals surface area contributed by atoms with Gasteiger partial charge in [0.25, 0.3) is 10.0 Å². The molecule has 0 bridgehead atoms. The van der Waals surface area contributed by atoms with Crippen LogP contribution in [0.3, 0.4) is 0 Å². The summed E-state index contributed by atoms with van der Waals surface area (Å²) >= 11 is 2.40. The lowest BCUT2D eigenvalue weighted by Gasteiger charge is -2.19. The van der Waals surface area contributed by atoms with Crippen molar-refractivity contribution in [2.45, 2.75) is 15.9 Å². The van der Waals surface area contributed by atoms with E-state index >= 15 is 4.39 Å². The lowest BCUT2D eigenvalue weighted by Crippen LogP contribution is -2.26. The van der Waals surface area contributed by atoms with E-state index in [-0.39, 0.29) is 27.0 Å². The molecule has 0 spiro atoms. The molecule has 29 heavy (non-hydrogen) atoms. The molecule has 0 aliphatic carbocycles. The number of H-pyrrole nitrogens is 1. The Labute approximate surface area is 174 Å². The zero-order chi connectivity index (χ0) is 20.8. The molecule has 3 aromatic rings. The highest BCUT2D eigenvalue weighted by Crippen LogP contribution is 2.36. The summed E-state index contributed by atoms with van der Waals surface area (Å²) in [5.74, 6) is -0.937. The number of thiophene rings is 1. The SMILES string of the molecule is CN(c1cccc2c(F)c(C3=NCC(CC(N)=O)S3)[nH]c12)S(=O)(=O)c1cccs1. The second kappa shape index (κ2) is 7.47. The predicted octanol–water partition coefficient (Wildman–Crippen LogP) is 2.93. The zero-order valence-electron chi connectivity index (χ0n) is 15.3. The quantitative estimate of drug-likeness (QED) is 0.599.